The molecule has 1 N–H and O–H groups in total. The number of hydrogen-bond acceptors (Lipinski definition) is 5. The van der Waals surface area contributed by atoms with Crippen molar-refractivity contribution in [3.05, 3.63) is 23.8 Å². The van der Waals surface area contributed by atoms with Gasteiger partial charge in [0.1, 0.15) is 11.8 Å². The van der Waals surface area contributed by atoms with E-state index in [9.17, 15) is 28.0 Å². The van der Waals surface area contributed by atoms with Crippen molar-refractivity contribution in [3.63, 3.8) is 0 Å². The molecule has 10 heteroatoms. The number of anilines is 1. The van der Waals surface area contributed by atoms with Crippen LogP contribution in [0.25, 0.3) is 0 Å². The molecule has 36 heavy (non-hydrogen) atoms. The minimum absolute atomic E-state index is 0.0773. The van der Waals surface area contributed by atoms with Gasteiger partial charge in [-0.05, 0) is 63.1 Å². The normalized spacial score (nSPS) is 26.5. The van der Waals surface area contributed by atoms with Gasteiger partial charge in [-0.2, -0.15) is 18.4 Å². The second-order valence-corrected chi connectivity index (χ2v) is 9.51. The molecule has 0 spiro atoms. The van der Waals surface area contributed by atoms with Crippen LogP contribution in [0.4, 0.5) is 18.9 Å². The van der Waals surface area contributed by atoms with E-state index in [0.29, 0.717) is 45.1 Å². The Hall–Kier alpha value is -3.24. The van der Waals surface area contributed by atoms with Gasteiger partial charge in [-0.1, -0.05) is 5.92 Å². The number of nitrogens with zero attached hydrogens (tertiary/aromatic N) is 3. The highest BCUT2D eigenvalue weighted by molar-refractivity contribution is 5.96. The monoisotopic (exact) mass is 502 g/mol. The lowest BCUT2D eigenvalue weighted by Crippen LogP contribution is -2.47. The Morgan fingerprint density at radius 2 is 1.89 bits per heavy atom. The van der Waals surface area contributed by atoms with Crippen molar-refractivity contribution in [3.8, 4) is 24.2 Å². The van der Waals surface area contributed by atoms with Crippen LogP contribution in [0.15, 0.2) is 18.2 Å². The van der Waals surface area contributed by atoms with Crippen LogP contribution < -0.4 is 15.0 Å². The topological polar surface area (TPSA) is 85.7 Å². The quantitative estimate of drug-likeness (QED) is 0.601. The van der Waals surface area contributed by atoms with Crippen LogP contribution in [0.1, 0.15) is 56.9 Å². The molecule has 0 aromatic heterocycles. The van der Waals surface area contributed by atoms with Gasteiger partial charge in [0.25, 0.3) is 0 Å². The Bertz CT molecular complexity index is 1050. The number of halogens is 3. The Morgan fingerprint density at radius 3 is 2.50 bits per heavy atom. The van der Waals surface area contributed by atoms with Gasteiger partial charge < -0.3 is 19.9 Å². The van der Waals surface area contributed by atoms with Crippen LogP contribution in [0.2, 0.25) is 0 Å². The van der Waals surface area contributed by atoms with Gasteiger partial charge in [-0.15, -0.1) is 6.42 Å². The maximum atomic E-state index is 13.3. The molecular formula is C26H29F3N4O3. The summed E-state index contributed by atoms with van der Waals surface area (Å²) in [7, 11) is 0. The lowest BCUT2D eigenvalue weighted by Gasteiger charge is -2.32. The number of terminal acetylenes is 1. The number of ether oxygens (including phenoxy) is 1. The minimum Gasteiger partial charge on any atom is -0.488 e. The molecule has 1 aromatic carbocycles. The highest BCUT2D eigenvalue weighted by Crippen LogP contribution is 2.39. The number of carbonyl (C=O) groups excluding carboxylic acids is 2. The molecule has 2 amide bonds. The van der Waals surface area contributed by atoms with E-state index in [2.05, 4.69) is 17.3 Å². The van der Waals surface area contributed by atoms with E-state index >= 15 is 0 Å². The lowest BCUT2D eigenvalue weighted by atomic mass is 9.93. The molecule has 1 saturated carbocycles. The summed E-state index contributed by atoms with van der Waals surface area (Å²) in [4.78, 5) is 27.8. The van der Waals surface area contributed by atoms with Crippen LogP contribution in [0, 0.1) is 23.7 Å². The summed E-state index contributed by atoms with van der Waals surface area (Å²) in [6.45, 7) is 0.456. The van der Waals surface area contributed by atoms with Crippen LogP contribution in [0.5, 0.6) is 5.75 Å². The molecule has 4 rings (SSSR count). The highest BCUT2D eigenvalue weighted by Gasteiger charge is 2.37. The molecule has 0 unspecified atom stereocenters. The molecule has 7 nitrogen and oxygen atoms in total. The predicted molar refractivity (Wildman–Crippen MR) is 126 cm³/mol. The Kier molecular flexibility index (Phi) is 7.75. The number of alkyl halides is 3. The Labute approximate surface area is 208 Å². The van der Waals surface area contributed by atoms with Gasteiger partial charge in [-0.3, -0.25) is 9.59 Å². The molecular weight excluding hydrogens is 473 g/mol. The number of hydrogen-bond donors (Lipinski definition) is 1. The number of carbonyl (C=O) groups is 2. The number of benzene rings is 1. The fraction of sp³-hybridized carbons (Fsp3) is 0.577. The summed E-state index contributed by atoms with van der Waals surface area (Å²) in [6.07, 6.45) is 5.64. The first-order valence-corrected chi connectivity index (χ1v) is 12.3. The minimum atomic E-state index is -4.51. The summed E-state index contributed by atoms with van der Waals surface area (Å²) >= 11 is 0. The number of nitriles is 1. The van der Waals surface area contributed by atoms with Crippen LogP contribution in [-0.4, -0.2) is 54.0 Å². The average molecular weight is 503 g/mol. The van der Waals surface area contributed by atoms with Gasteiger partial charge in [-0.25, -0.2) is 0 Å². The molecule has 0 radical (unpaired) electrons. The highest BCUT2D eigenvalue weighted by atomic mass is 19.4. The van der Waals surface area contributed by atoms with Crippen molar-refractivity contribution < 1.29 is 27.5 Å². The molecule has 2 heterocycles. The van der Waals surface area contributed by atoms with Crippen molar-refractivity contribution >= 4 is 17.5 Å². The van der Waals surface area contributed by atoms with Crippen molar-refractivity contribution in [2.24, 2.45) is 0 Å². The van der Waals surface area contributed by atoms with E-state index in [0.717, 1.165) is 25.0 Å². The number of nitrogens with one attached hydrogen (secondary N) is 1. The van der Waals surface area contributed by atoms with Gasteiger partial charge >= 0.3 is 6.18 Å². The first-order valence-electron chi connectivity index (χ1n) is 12.3. The van der Waals surface area contributed by atoms with E-state index in [1.165, 1.54) is 15.9 Å². The van der Waals surface area contributed by atoms with Crippen LogP contribution >= 0.6 is 0 Å². The molecule has 0 bridgehead atoms. The van der Waals surface area contributed by atoms with Crippen LogP contribution in [-0.2, 0) is 15.8 Å². The Morgan fingerprint density at radius 1 is 1.17 bits per heavy atom. The van der Waals surface area contributed by atoms with Crippen molar-refractivity contribution in [2.45, 2.75) is 81.8 Å². The third kappa shape index (κ3) is 5.60. The summed E-state index contributed by atoms with van der Waals surface area (Å²) in [5.41, 5.74) is -0.648. The first-order chi connectivity index (χ1) is 17.2. The van der Waals surface area contributed by atoms with Gasteiger partial charge in [0, 0.05) is 19.0 Å². The fourth-order valence-corrected chi connectivity index (χ4v) is 5.24. The van der Waals surface area contributed by atoms with Gasteiger partial charge in [0.15, 0.2) is 0 Å². The molecule has 2 saturated heterocycles. The summed E-state index contributed by atoms with van der Waals surface area (Å²) in [6, 6.07) is 4.65. The first kappa shape index (κ1) is 25.8. The zero-order chi connectivity index (χ0) is 25.9. The molecule has 2 aliphatic heterocycles. The van der Waals surface area contributed by atoms with Crippen molar-refractivity contribution in [2.75, 3.05) is 18.0 Å². The third-order valence-electron chi connectivity index (χ3n) is 7.17. The second kappa shape index (κ2) is 10.8. The summed E-state index contributed by atoms with van der Waals surface area (Å²) < 4.78 is 46.0. The van der Waals surface area contributed by atoms with E-state index in [-0.39, 0.29) is 48.0 Å². The molecule has 3 fully saturated rings. The summed E-state index contributed by atoms with van der Waals surface area (Å²) in [5.74, 6) is 2.47. The smallest absolute Gasteiger partial charge is 0.416 e. The maximum Gasteiger partial charge on any atom is 0.416 e. The molecule has 3 aliphatic rings. The Balaban J connectivity index is 1.34. The molecule has 192 valence electrons. The second-order valence-electron chi connectivity index (χ2n) is 9.51. The van der Waals surface area contributed by atoms with E-state index in [1.54, 1.807) is 0 Å². The number of rotatable bonds is 6. The zero-order valence-corrected chi connectivity index (χ0v) is 19.9. The van der Waals surface area contributed by atoms with E-state index < -0.39 is 17.8 Å². The standard InChI is InChI=1S/C26H29F3N4O3/c1-2-19-8-9-20(15-30)33(19)25(35)16-31-18-6-10-21(11-7-18)36-23-12-5-17(26(27,28)29)14-22(23)32-13-3-4-24(32)34/h1,5,12,14,18-21,31H,3-4,6-11,13,16H2/t18-,19-,20-,21-/m0/s1. The molecule has 1 aromatic rings. The number of amides is 2. The van der Waals surface area contributed by atoms with Gasteiger partial charge in [0.05, 0.1) is 36.0 Å². The number of likely N-dealkylation sites (tertiary alicyclic amines) is 1. The predicted octanol–water partition coefficient (Wildman–Crippen LogP) is 3.63. The van der Waals surface area contributed by atoms with E-state index in [4.69, 9.17) is 11.2 Å². The van der Waals surface area contributed by atoms with Crippen molar-refractivity contribution in [1.29, 1.82) is 5.26 Å². The van der Waals surface area contributed by atoms with Crippen molar-refractivity contribution in [1.82, 2.24) is 10.2 Å². The third-order valence-corrected chi connectivity index (χ3v) is 7.17. The van der Waals surface area contributed by atoms with Gasteiger partial charge in [0.2, 0.25) is 11.8 Å². The average Bonchev–Trinajstić information content (AvgIpc) is 3.48. The molecule has 1 aliphatic carbocycles. The summed E-state index contributed by atoms with van der Waals surface area (Å²) in [5, 5.41) is 12.6. The SMILES string of the molecule is C#C[C@H]1CC[C@@H](C#N)N1C(=O)CN[C@H]1CC[C@H](Oc2ccc(C(F)(F)F)cc2N2CCCC2=O)CC1. The largest absolute Gasteiger partial charge is 0.488 e. The van der Waals surface area contributed by atoms with Crippen LogP contribution in [0.3, 0.4) is 0 Å². The molecule has 2 atom stereocenters. The maximum absolute atomic E-state index is 13.3. The zero-order valence-electron chi connectivity index (χ0n) is 19.9. The van der Waals surface area contributed by atoms with E-state index in [1.807, 2.05) is 0 Å². The lowest BCUT2D eigenvalue weighted by molar-refractivity contribution is -0.137. The fourth-order valence-electron chi connectivity index (χ4n) is 5.24.